The molecule has 0 aromatic carbocycles. The smallest absolute Gasteiger partial charge is 0.107 e. The average molecular weight is 137 g/mol. The van der Waals surface area contributed by atoms with Gasteiger partial charge in [-0.15, -0.1) is 0 Å². The van der Waals surface area contributed by atoms with Gasteiger partial charge in [-0.2, -0.15) is 0 Å². The summed E-state index contributed by atoms with van der Waals surface area (Å²) < 4.78 is 0. The maximum atomic E-state index is 6.75. The second-order valence-electron chi connectivity index (χ2n) is 2.48. The molecular formula is C7H11N3. The topological polar surface area (TPSA) is 39.5 Å². The van der Waals surface area contributed by atoms with Gasteiger partial charge in [0.2, 0.25) is 0 Å². The van der Waals surface area contributed by atoms with Gasteiger partial charge in [0.05, 0.1) is 5.71 Å². The first kappa shape index (κ1) is 7.15. The quantitative estimate of drug-likeness (QED) is 0.415. The van der Waals surface area contributed by atoms with E-state index in [4.69, 9.17) is 5.41 Å². The third-order valence-electron chi connectivity index (χ3n) is 1.51. The Hall–Kier alpha value is -0.960. The lowest BCUT2D eigenvalue weighted by Crippen LogP contribution is -2.13. The van der Waals surface area contributed by atoms with Crippen LogP contribution < -0.4 is 0 Å². The first-order valence-corrected chi connectivity index (χ1v) is 3.16. The molecular weight excluding hydrogens is 126 g/mol. The molecule has 54 valence electrons. The van der Waals surface area contributed by atoms with Gasteiger partial charge in [0.1, 0.15) is 6.34 Å². The van der Waals surface area contributed by atoms with Crippen LogP contribution in [0.2, 0.25) is 0 Å². The number of hydrogen-bond acceptors (Lipinski definition) is 2. The van der Waals surface area contributed by atoms with Crippen molar-refractivity contribution in [3.63, 3.8) is 0 Å². The molecule has 0 atom stereocenters. The van der Waals surface area contributed by atoms with Crippen molar-refractivity contribution in [2.45, 2.75) is 0 Å². The van der Waals surface area contributed by atoms with Gasteiger partial charge in [-0.3, -0.25) is 10.3 Å². The molecule has 0 saturated carbocycles. The van der Waals surface area contributed by atoms with Crippen LogP contribution in [0.1, 0.15) is 0 Å². The molecule has 0 unspecified atom stereocenters. The van der Waals surface area contributed by atoms with E-state index < -0.39 is 0 Å². The minimum absolute atomic E-state index is 0.828. The number of nitrogens with zero attached hydrogens (tertiary/aromatic N) is 2. The zero-order valence-corrected chi connectivity index (χ0v) is 6.09. The summed E-state index contributed by atoms with van der Waals surface area (Å²) in [5, 5.41) is 6.75. The van der Waals surface area contributed by atoms with Crippen LogP contribution in [0.15, 0.2) is 17.1 Å². The molecule has 0 aromatic rings. The Morgan fingerprint density at radius 3 is 2.80 bits per heavy atom. The van der Waals surface area contributed by atoms with Crippen molar-refractivity contribution >= 4 is 12.1 Å². The Labute approximate surface area is 60.6 Å². The summed E-state index contributed by atoms with van der Waals surface area (Å²) in [7, 11) is 2.01. The monoisotopic (exact) mass is 137 g/mol. The van der Waals surface area contributed by atoms with Crippen LogP contribution in [0, 0.1) is 5.41 Å². The number of likely N-dealkylation sites (N-methyl/N-ethyl adjacent to an activating group) is 1. The lowest BCUT2D eigenvalue weighted by Gasteiger charge is -2.00. The normalized spacial score (nSPS) is 24.1. The lowest BCUT2D eigenvalue weighted by atomic mass is 10.2. The maximum absolute atomic E-state index is 6.75. The summed E-state index contributed by atoms with van der Waals surface area (Å²) in [5.41, 5.74) is 1.98. The van der Waals surface area contributed by atoms with E-state index in [1.165, 1.54) is 0 Å². The van der Waals surface area contributed by atoms with E-state index in [9.17, 15) is 0 Å². The highest BCUT2D eigenvalue weighted by atomic mass is 15.1. The second kappa shape index (κ2) is 2.75. The third kappa shape index (κ3) is 1.30. The number of nitrogens with one attached hydrogen (secondary N) is 1. The molecule has 10 heavy (non-hydrogen) atoms. The Balaban J connectivity index is 2.72. The van der Waals surface area contributed by atoms with Crippen LogP contribution >= 0.6 is 0 Å². The molecule has 1 heterocycles. The molecule has 1 aliphatic heterocycles. The van der Waals surface area contributed by atoms with Gasteiger partial charge in [-0.05, 0) is 12.6 Å². The van der Waals surface area contributed by atoms with Gasteiger partial charge in [0.25, 0.3) is 0 Å². The Bertz CT molecular complexity index is 193. The van der Waals surface area contributed by atoms with Crippen molar-refractivity contribution in [2.24, 2.45) is 4.99 Å². The largest absolute Gasteiger partial charge is 0.296 e. The summed E-state index contributed by atoms with van der Waals surface area (Å²) in [4.78, 5) is 5.99. The molecule has 0 amide bonds. The zero-order chi connectivity index (χ0) is 7.56. The van der Waals surface area contributed by atoms with Crippen LogP contribution in [0.3, 0.4) is 0 Å². The summed E-state index contributed by atoms with van der Waals surface area (Å²) >= 11 is 0. The number of aliphatic imine (C=N–C) groups is 1. The molecule has 1 rings (SSSR count). The molecule has 1 N–H and O–H groups in total. The van der Waals surface area contributed by atoms with E-state index in [-0.39, 0.29) is 0 Å². The molecule has 0 spiro atoms. The van der Waals surface area contributed by atoms with Crippen LogP contribution in [0.4, 0.5) is 0 Å². The van der Waals surface area contributed by atoms with Crippen molar-refractivity contribution in [2.75, 3.05) is 20.1 Å². The fraction of sp³-hybridized carbons (Fsp3) is 0.429. The molecule has 1 aliphatic rings. The van der Waals surface area contributed by atoms with Gasteiger partial charge in [-0.1, -0.05) is 6.58 Å². The molecule has 3 heteroatoms. The Morgan fingerprint density at radius 2 is 2.40 bits per heavy atom. The minimum Gasteiger partial charge on any atom is -0.296 e. The molecule has 0 aliphatic carbocycles. The maximum Gasteiger partial charge on any atom is 0.107 e. The van der Waals surface area contributed by atoms with Crippen molar-refractivity contribution in [3.8, 4) is 0 Å². The first-order valence-electron chi connectivity index (χ1n) is 3.16. The van der Waals surface area contributed by atoms with E-state index in [2.05, 4.69) is 16.5 Å². The van der Waals surface area contributed by atoms with E-state index in [1.54, 1.807) is 0 Å². The van der Waals surface area contributed by atoms with Gasteiger partial charge >= 0.3 is 0 Å². The highest BCUT2D eigenvalue weighted by Gasteiger charge is 2.16. The Kier molecular flexibility index (Phi) is 1.97. The number of rotatable bonds is 1. The number of likely N-dealkylation sites (tertiary alicyclic amines) is 1. The predicted octanol–water partition coefficient (Wildman–Crippen LogP) is 0.536. The van der Waals surface area contributed by atoms with Crippen LogP contribution in [0.5, 0.6) is 0 Å². The molecule has 0 bridgehead atoms. The summed E-state index contributed by atoms with van der Waals surface area (Å²) in [6, 6.07) is 0. The van der Waals surface area contributed by atoms with Crippen LogP contribution in [0.25, 0.3) is 0 Å². The highest BCUT2D eigenvalue weighted by Crippen LogP contribution is 2.07. The molecule has 1 fully saturated rings. The van der Waals surface area contributed by atoms with E-state index in [0.29, 0.717) is 0 Å². The Morgan fingerprint density at radius 1 is 1.70 bits per heavy atom. The number of hydrogen-bond donors (Lipinski definition) is 1. The van der Waals surface area contributed by atoms with Gasteiger partial charge in [0.15, 0.2) is 0 Å². The summed E-state index contributed by atoms with van der Waals surface area (Å²) in [5.74, 6) is 0. The zero-order valence-electron chi connectivity index (χ0n) is 6.09. The minimum atomic E-state index is 0.828. The summed E-state index contributed by atoms with van der Waals surface area (Å²) in [6.45, 7) is 5.54. The van der Waals surface area contributed by atoms with Crippen molar-refractivity contribution in [1.29, 1.82) is 5.41 Å². The molecule has 1 saturated heterocycles. The fourth-order valence-corrected chi connectivity index (χ4v) is 1.05. The molecule has 0 radical (unpaired) electrons. The lowest BCUT2D eigenvalue weighted by molar-refractivity contribution is 0.445. The van der Waals surface area contributed by atoms with Crippen molar-refractivity contribution < 1.29 is 0 Å². The first-order chi connectivity index (χ1) is 4.74. The summed E-state index contributed by atoms with van der Waals surface area (Å²) in [6.07, 6.45) is 1.07. The SMILES string of the molecule is C=C1CN(C)CC1=NC=N. The fourth-order valence-electron chi connectivity index (χ4n) is 1.05. The van der Waals surface area contributed by atoms with E-state index in [0.717, 1.165) is 30.7 Å². The second-order valence-corrected chi connectivity index (χ2v) is 2.48. The standard InChI is InChI=1S/C7H11N3/c1-6-3-10(2)4-7(6)9-5-8/h5,8H,1,3-4H2,2H3. The third-order valence-corrected chi connectivity index (χ3v) is 1.51. The highest BCUT2D eigenvalue weighted by molar-refractivity contribution is 6.06. The van der Waals surface area contributed by atoms with Crippen molar-refractivity contribution in [1.82, 2.24) is 4.90 Å². The van der Waals surface area contributed by atoms with E-state index in [1.807, 2.05) is 7.05 Å². The molecule has 3 nitrogen and oxygen atoms in total. The van der Waals surface area contributed by atoms with Crippen LogP contribution in [-0.4, -0.2) is 37.1 Å². The van der Waals surface area contributed by atoms with Gasteiger partial charge in [0, 0.05) is 13.1 Å². The van der Waals surface area contributed by atoms with Gasteiger partial charge < -0.3 is 0 Å². The average Bonchev–Trinajstić information content (AvgIpc) is 2.13. The van der Waals surface area contributed by atoms with Gasteiger partial charge in [-0.25, -0.2) is 4.99 Å². The van der Waals surface area contributed by atoms with Crippen LogP contribution in [-0.2, 0) is 0 Å². The van der Waals surface area contributed by atoms with E-state index >= 15 is 0 Å². The van der Waals surface area contributed by atoms with Crippen molar-refractivity contribution in [3.05, 3.63) is 12.2 Å². The predicted molar refractivity (Wildman–Crippen MR) is 42.9 cm³/mol. The molecule has 0 aromatic heterocycles.